The van der Waals surface area contributed by atoms with E-state index in [1.165, 1.54) is 0 Å². The summed E-state index contributed by atoms with van der Waals surface area (Å²) < 4.78 is 7.32. The van der Waals surface area contributed by atoms with E-state index in [0.717, 1.165) is 31.2 Å². The number of hydrogen-bond acceptors (Lipinski definition) is 5. The SMILES string of the molecule is Cl.NC1(c2noc(Cn3ccc(=O)c4ccccc43)n2)CCCC1. The number of rotatable bonds is 3. The lowest BCUT2D eigenvalue weighted by Gasteiger charge is -2.17. The number of aromatic nitrogens is 3. The molecule has 6 nitrogen and oxygen atoms in total. The third kappa shape index (κ3) is 2.83. The maximum Gasteiger partial charge on any atom is 0.246 e. The number of fused-ring (bicyclic) bond motifs is 1. The largest absolute Gasteiger partial charge is 0.338 e. The minimum absolute atomic E-state index is 0. The molecule has 1 aliphatic rings. The Morgan fingerprint density at radius 1 is 1.21 bits per heavy atom. The van der Waals surface area contributed by atoms with Crippen LogP contribution in [0.4, 0.5) is 0 Å². The molecule has 0 saturated heterocycles. The highest BCUT2D eigenvalue weighted by atomic mass is 35.5. The predicted octanol–water partition coefficient (Wildman–Crippen LogP) is 2.58. The Hall–Kier alpha value is -2.18. The van der Waals surface area contributed by atoms with Crippen LogP contribution in [0, 0.1) is 0 Å². The van der Waals surface area contributed by atoms with E-state index in [9.17, 15) is 4.79 Å². The standard InChI is InChI=1S/C17H18N4O2.ClH/c18-17(8-3-4-9-17)16-19-15(23-20-16)11-21-10-7-14(22)12-5-1-2-6-13(12)21;/h1-2,5-7,10H,3-4,8-9,11,18H2;1H. The van der Waals surface area contributed by atoms with E-state index in [0.29, 0.717) is 23.6 Å². The summed E-state index contributed by atoms with van der Waals surface area (Å²) in [6.45, 7) is 0.421. The lowest BCUT2D eigenvalue weighted by Crippen LogP contribution is -2.34. The molecule has 2 aromatic heterocycles. The number of nitrogens with zero attached hydrogens (tertiary/aromatic N) is 3. The van der Waals surface area contributed by atoms with Gasteiger partial charge < -0.3 is 14.8 Å². The first kappa shape index (κ1) is 16.7. The van der Waals surface area contributed by atoms with Crippen LogP contribution < -0.4 is 11.2 Å². The van der Waals surface area contributed by atoms with Crippen molar-refractivity contribution in [3.63, 3.8) is 0 Å². The summed E-state index contributed by atoms with van der Waals surface area (Å²) in [4.78, 5) is 16.4. The highest BCUT2D eigenvalue weighted by Crippen LogP contribution is 2.34. The van der Waals surface area contributed by atoms with Gasteiger partial charge in [-0.25, -0.2) is 0 Å². The van der Waals surface area contributed by atoms with Gasteiger partial charge in [0.25, 0.3) is 0 Å². The number of halogens is 1. The summed E-state index contributed by atoms with van der Waals surface area (Å²) in [5.41, 5.74) is 6.77. The van der Waals surface area contributed by atoms with Crippen LogP contribution in [-0.2, 0) is 12.1 Å². The molecule has 0 atom stereocenters. The zero-order valence-corrected chi connectivity index (χ0v) is 14.0. The molecule has 126 valence electrons. The van der Waals surface area contributed by atoms with Crippen LogP contribution in [0.5, 0.6) is 0 Å². The summed E-state index contributed by atoms with van der Waals surface area (Å²) in [5, 5.41) is 4.76. The van der Waals surface area contributed by atoms with Crippen molar-refractivity contribution in [2.45, 2.75) is 37.8 Å². The van der Waals surface area contributed by atoms with Crippen molar-refractivity contribution in [1.82, 2.24) is 14.7 Å². The number of hydrogen-bond donors (Lipinski definition) is 1. The van der Waals surface area contributed by atoms with Crippen LogP contribution in [0.1, 0.15) is 37.4 Å². The molecule has 1 aliphatic carbocycles. The lowest BCUT2D eigenvalue weighted by molar-refractivity contribution is 0.345. The van der Waals surface area contributed by atoms with E-state index in [-0.39, 0.29) is 17.8 Å². The second kappa shape index (κ2) is 6.37. The number of pyridine rings is 1. The van der Waals surface area contributed by atoms with Crippen molar-refractivity contribution in [3.8, 4) is 0 Å². The number of nitrogens with two attached hydrogens (primary N) is 1. The zero-order chi connectivity index (χ0) is 15.9. The van der Waals surface area contributed by atoms with Gasteiger partial charge in [0.2, 0.25) is 5.89 Å². The van der Waals surface area contributed by atoms with Crippen LogP contribution in [0.25, 0.3) is 10.9 Å². The fraction of sp³-hybridized carbons (Fsp3) is 0.353. The first-order valence-corrected chi connectivity index (χ1v) is 7.86. The first-order chi connectivity index (χ1) is 11.2. The fourth-order valence-corrected chi connectivity index (χ4v) is 3.29. The van der Waals surface area contributed by atoms with Crippen molar-refractivity contribution >= 4 is 23.3 Å². The topological polar surface area (TPSA) is 86.9 Å². The quantitative estimate of drug-likeness (QED) is 0.787. The van der Waals surface area contributed by atoms with Crippen molar-refractivity contribution in [3.05, 3.63) is 58.5 Å². The van der Waals surface area contributed by atoms with Crippen molar-refractivity contribution in [2.75, 3.05) is 0 Å². The van der Waals surface area contributed by atoms with E-state index in [1.54, 1.807) is 12.3 Å². The average molecular weight is 347 g/mol. The minimum Gasteiger partial charge on any atom is -0.338 e. The van der Waals surface area contributed by atoms with E-state index in [4.69, 9.17) is 10.3 Å². The van der Waals surface area contributed by atoms with Crippen LogP contribution in [0.15, 0.2) is 45.8 Å². The first-order valence-electron chi connectivity index (χ1n) is 7.86. The van der Waals surface area contributed by atoms with Crippen molar-refractivity contribution in [1.29, 1.82) is 0 Å². The second-order valence-corrected chi connectivity index (χ2v) is 6.20. The van der Waals surface area contributed by atoms with Crippen LogP contribution in [0.2, 0.25) is 0 Å². The van der Waals surface area contributed by atoms with E-state index >= 15 is 0 Å². The molecule has 24 heavy (non-hydrogen) atoms. The van der Waals surface area contributed by atoms with E-state index < -0.39 is 5.54 Å². The van der Waals surface area contributed by atoms with Gasteiger partial charge >= 0.3 is 0 Å². The van der Waals surface area contributed by atoms with Crippen molar-refractivity contribution in [2.24, 2.45) is 5.73 Å². The molecule has 0 aliphatic heterocycles. The third-order valence-electron chi connectivity index (χ3n) is 4.60. The Morgan fingerprint density at radius 2 is 1.96 bits per heavy atom. The van der Waals surface area contributed by atoms with Crippen molar-refractivity contribution < 1.29 is 4.52 Å². The van der Waals surface area contributed by atoms with Gasteiger partial charge in [-0.2, -0.15) is 4.98 Å². The van der Waals surface area contributed by atoms with Gasteiger partial charge in [0.15, 0.2) is 11.3 Å². The molecule has 3 aromatic rings. The normalized spacial score (nSPS) is 16.2. The molecule has 2 N–H and O–H groups in total. The Bertz CT molecular complexity index is 912. The molecule has 0 spiro atoms. The Labute approximate surface area is 145 Å². The van der Waals surface area contributed by atoms with Crippen LogP contribution in [0.3, 0.4) is 0 Å². The molecule has 0 unspecified atom stereocenters. The highest BCUT2D eigenvalue weighted by Gasteiger charge is 2.35. The molecule has 4 rings (SSSR count). The van der Waals surface area contributed by atoms with Gasteiger partial charge in [-0.1, -0.05) is 30.1 Å². The van der Waals surface area contributed by atoms with Gasteiger partial charge in [-0.3, -0.25) is 4.79 Å². The molecule has 0 bridgehead atoms. The second-order valence-electron chi connectivity index (χ2n) is 6.20. The highest BCUT2D eigenvalue weighted by molar-refractivity contribution is 5.85. The molecule has 2 heterocycles. The molecule has 7 heteroatoms. The Morgan fingerprint density at radius 3 is 2.75 bits per heavy atom. The van der Waals surface area contributed by atoms with Gasteiger partial charge in [0.1, 0.15) is 6.54 Å². The molecule has 1 aromatic carbocycles. The van der Waals surface area contributed by atoms with E-state index in [2.05, 4.69) is 10.1 Å². The van der Waals surface area contributed by atoms with E-state index in [1.807, 2.05) is 28.8 Å². The van der Waals surface area contributed by atoms with Gasteiger partial charge in [-0.05, 0) is 25.0 Å². The summed E-state index contributed by atoms with van der Waals surface area (Å²) in [6.07, 6.45) is 5.75. The fourth-order valence-electron chi connectivity index (χ4n) is 3.29. The summed E-state index contributed by atoms with van der Waals surface area (Å²) in [7, 11) is 0. The minimum atomic E-state index is -0.451. The lowest BCUT2D eigenvalue weighted by atomic mass is 9.99. The molecule has 1 saturated carbocycles. The maximum atomic E-state index is 11.9. The van der Waals surface area contributed by atoms with Crippen LogP contribution >= 0.6 is 12.4 Å². The Balaban J connectivity index is 0.00000169. The molecular weight excluding hydrogens is 328 g/mol. The molecule has 0 radical (unpaired) electrons. The maximum absolute atomic E-state index is 11.9. The van der Waals surface area contributed by atoms with Gasteiger partial charge in [0.05, 0.1) is 11.1 Å². The third-order valence-corrected chi connectivity index (χ3v) is 4.60. The average Bonchev–Trinajstić information content (AvgIpc) is 3.21. The molecule has 0 amide bonds. The smallest absolute Gasteiger partial charge is 0.246 e. The number of para-hydroxylation sites is 1. The summed E-state index contributed by atoms with van der Waals surface area (Å²) >= 11 is 0. The predicted molar refractivity (Wildman–Crippen MR) is 93.2 cm³/mol. The zero-order valence-electron chi connectivity index (χ0n) is 13.1. The summed E-state index contributed by atoms with van der Waals surface area (Å²) in [5.74, 6) is 1.10. The molecular formula is C17H19ClN4O2. The van der Waals surface area contributed by atoms with Crippen LogP contribution in [-0.4, -0.2) is 14.7 Å². The van der Waals surface area contributed by atoms with Gasteiger partial charge in [0, 0.05) is 17.6 Å². The molecule has 1 fully saturated rings. The number of benzene rings is 1. The monoisotopic (exact) mass is 346 g/mol. The van der Waals surface area contributed by atoms with Gasteiger partial charge in [-0.15, -0.1) is 12.4 Å². The Kier molecular flexibility index (Phi) is 4.43. The summed E-state index contributed by atoms with van der Waals surface area (Å²) in [6, 6.07) is 9.05.